The molecule has 2 aliphatic heterocycles. The molecule has 2 saturated heterocycles. The standard InChI is InChI=1S/C10H18O2/c1-10(2,3)9-6-8-7(12-9)4-5-11-8/h7-9H,4-6H2,1-3H3. The minimum atomic E-state index is 0.272. The van der Waals surface area contributed by atoms with Gasteiger partial charge in [0.15, 0.2) is 0 Å². The molecule has 0 aromatic heterocycles. The third-order valence-electron chi connectivity index (χ3n) is 2.90. The quantitative estimate of drug-likeness (QED) is 0.553. The summed E-state index contributed by atoms with van der Waals surface area (Å²) in [6.45, 7) is 7.60. The number of ether oxygens (including phenoxy) is 2. The Bertz CT molecular complexity index is 159. The van der Waals surface area contributed by atoms with Gasteiger partial charge in [-0.15, -0.1) is 0 Å². The van der Waals surface area contributed by atoms with E-state index in [0.29, 0.717) is 18.3 Å². The summed E-state index contributed by atoms with van der Waals surface area (Å²) >= 11 is 0. The van der Waals surface area contributed by atoms with Crippen molar-refractivity contribution in [3.05, 3.63) is 0 Å². The van der Waals surface area contributed by atoms with Crippen LogP contribution in [0.25, 0.3) is 0 Å². The van der Waals surface area contributed by atoms with E-state index in [0.717, 1.165) is 19.4 Å². The predicted molar refractivity (Wildman–Crippen MR) is 47.1 cm³/mol. The lowest BCUT2D eigenvalue weighted by Gasteiger charge is -2.26. The normalized spacial score (nSPS) is 41.8. The van der Waals surface area contributed by atoms with Gasteiger partial charge in [-0.3, -0.25) is 0 Å². The topological polar surface area (TPSA) is 18.5 Å². The number of rotatable bonds is 0. The zero-order chi connectivity index (χ0) is 8.77. The molecular formula is C10H18O2. The molecular weight excluding hydrogens is 152 g/mol. The van der Waals surface area contributed by atoms with Gasteiger partial charge in [-0.25, -0.2) is 0 Å². The van der Waals surface area contributed by atoms with Crippen molar-refractivity contribution in [3.63, 3.8) is 0 Å². The lowest BCUT2D eigenvalue weighted by Crippen LogP contribution is -2.26. The summed E-state index contributed by atoms with van der Waals surface area (Å²) in [5, 5.41) is 0. The van der Waals surface area contributed by atoms with Gasteiger partial charge < -0.3 is 9.47 Å². The first kappa shape index (κ1) is 8.52. The molecule has 0 aromatic carbocycles. The van der Waals surface area contributed by atoms with Gasteiger partial charge in [-0.1, -0.05) is 20.8 Å². The van der Waals surface area contributed by atoms with Gasteiger partial charge >= 0.3 is 0 Å². The van der Waals surface area contributed by atoms with Gasteiger partial charge in [-0.05, 0) is 11.8 Å². The van der Waals surface area contributed by atoms with Crippen molar-refractivity contribution in [1.29, 1.82) is 0 Å². The Hall–Kier alpha value is -0.0800. The zero-order valence-electron chi connectivity index (χ0n) is 8.17. The second-order valence-electron chi connectivity index (χ2n) is 4.96. The third kappa shape index (κ3) is 1.38. The zero-order valence-corrected chi connectivity index (χ0v) is 8.17. The van der Waals surface area contributed by atoms with Crippen LogP contribution >= 0.6 is 0 Å². The molecule has 0 N–H and O–H groups in total. The van der Waals surface area contributed by atoms with E-state index >= 15 is 0 Å². The maximum atomic E-state index is 5.92. The Kier molecular flexibility index (Phi) is 1.92. The van der Waals surface area contributed by atoms with Crippen LogP contribution in [-0.2, 0) is 9.47 Å². The van der Waals surface area contributed by atoms with Crippen LogP contribution in [0.15, 0.2) is 0 Å². The van der Waals surface area contributed by atoms with Gasteiger partial charge in [-0.2, -0.15) is 0 Å². The molecule has 12 heavy (non-hydrogen) atoms. The van der Waals surface area contributed by atoms with E-state index in [1.54, 1.807) is 0 Å². The van der Waals surface area contributed by atoms with Crippen molar-refractivity contribution in [2.24, 2.45) is 5.41 Å². The first-order valence-corrected chi connectivity index (χ1v) is 4.84. The molecule has 2 fully saturated rings. The molecule has 3 atom stereocenters. The molecule has 2 heterocycles. The highest BCUT2D eigenvalue weighted by molar-refractivity contribution is 4.91. The van der Waals surface area contributed by atoms with E-state index in [9.17, 15) is 0 Å². The molecule has 0 bridgehead atoms. The average molecular weight is 170 g/mol. The summed E-state index contributed by atoms with van der Waals surface area (Å²) in [5.41, 5.74) is 0.272. The van der Waals surface area contributed by atoms with Crippen molar-refractivity contribution in [3.8, 4) is 0 Å². The first-order chi connectivity index (χ1) is 5.57. The monoisotopic (exact) mass is 170 g/mol. The average Bonchev–Trinajstić information content (AvgIpc) is 2.37. The molecule has 2 aliphatic rings. The Morgan fingerprint density at radius 1 is 1.17 bits per heavy atom. The molecule has 0 radical (unpaired) electrons. The maximum Gasteiger partial charge on any atom is 0.0863 e. The van der Waals surface area contributed by atoms with Crippen molar-refractivity contribution in [2.45, 2.75) is 51.9 Å². The fourth-order valence-electron chi connectivity index (χ4n) is 2.04. The largest absolute Gasteiger partial charge is 0.375 e. The second-order valence-corrected chi connectivity index (χ2v) is 4.96. The van der Waals surface area contributed by atoms with Crippen molar-refractivity contribution in [1.82, 2.24) is 0 Å². The van der Waals surface area contributed by atoms with E-state index in [4.69, 9.17) is 9.47 Å². The second kappa shape index (κ2) is 2.71. The van der Waals surface area contributed by atoms with E-state index in [1.165, 1.54) is 0 Å². The van der Waals surface area contributed by atoms with Crippen LogP contribution in [0, 0.1) is 5.41 Å². The Labute approximate surface area is 74.2 Å². The van der Waals surface area contributed by atoms with Gasteiger partial charge in [0.2, 0.25) is 0 Å². The Balaban J connectivity index is 1.99. The minimum absolute atomic E-state index is 0.272. The van der Waals surface area contributed by atoms with Crippen LogP contribution < -0.4 is 0 Å². The Morgan fingerprint density at radius 3 is 2.50 bits per heavy atom. The van der Waals surface area contributed by atoms with Crippen LogP contribution in [0.4, 0.5) is 0 Å². The molecule has 2 heteroatoms. The third-order valence-corrected chi connectivity index (χ3v) is 2.90. The van der Waals surface area contributed by atoms with Crippen LogP contribution in [0.1, 0.15) is 33.6 Å². The molecule has 0 aromatic rings. The number of fused-ring (bicyclic) bond motifs is 1. The summed E-state index contributed by atoms with van der Waals surface area (Å²) in [4.78, 5) is 0. The van der Waals surface area contributed by atoms with Crippen molar-refractivity contribution in [2.75, 3.05) is 6.61 Å². The lowest BCUT2D eigenvalue weighted by molar-refractivity contribution is -0.0153. The summed E-state index contributed by atoms with van der Waals surface area (Å²) in [6, 6.07) is 0. The van der Waals surface area contributed by atoms with Crippen molar-refractivity contribution >= 4 is 0 Å². The highest BCUT2D eigenvalue weighted by Crippen LogP contribution is 2.38. The van der Waals surface area contributed by atoms with Gasteiger partial charge in [0.25, 0.3) is 0 Å². The maximum absolute atomic E-state index is 5.92. The molecule has 0 aliphatic carbocycles. The lowest BCUT2D eigenvalue weighted by atomic mass is 9.87. The van der Waals surface area contributed by atoms with E-state index in [1.807, 2.05) is 0 Å². The van der Waals surface area contributed by atoms with Crippen LogP contribution in [0.2, 0.25) is 0 Å². The number of hydrogen-bond donors (Lipinski definition) is 0. The van der Waals surface area contributed by atoms with Crippen LogP contribution in [-0.4, -0.2) is 24.9 Å². The van der Waals surface area contributed by atoms with Gasteiger partial charge in [0, 0.05) is 13.0 Å². The molecule has 0 saturated carbocycles. The minimum Gasteiger partial charge on any atom is -0.375 e. The SMILES string of the molecule is CC(C)(C)C1CC2OCCC2O1. The first-order valence-electron chi connectivity index (χ1n) is 4.84. The fraction of sp³-hybridized carbons (Fsp3) is 1.00. The van der Waals surface area contributed by atoms with Crippen LogP contribution in [0.3, 0.4) is 0 Å². The summed E-state index contributed by atoms with van der Waals surface area (Å²) in [5.74, 6) is 0. The van der Waals surface area contributed by atoms with Crippen molar-refractivity contribution < 1.29 is 9.47 Å². The van der Waals surface area contributed by atoms with Gasteiger partial charge in [0.05, 0.1) is 18.3 Å². The van der Waals surface area contributed by atoms with E-state index < -0.39 is 0 Å². The molecule has 2 rings (SSSR count). The summed E-state index contributed by atoms with van der Waals surface area (Å²) in [7, 11) is 0. The predicted octanol–water partition coefficient (Wildman–Crippen LogP) is 1.98. The molecule has 2 nitrogen and oxygen atoms in total. The van der Waals surface area contributed by atoms with E-state index in [-0.39, 0.29) is 5.41 Å². The van der Waals surface area contributed by atoms with E-state index in [2.05, 4.69) is 20.8 Å². The van der Waals surface area contributed by atoms with Gasteiger partial charge in [0.1, 0.15) is 0 Å². The van der Waals surface area contributed by atoms with Crippen LogP contribution in [0.5, 0.6) is 0 Å². The summed E-state index contributed by atoms with van der Waals surface area (Å²) < 4.78 is 11.5. The smallest absolute Gasteiger partial charge is 0.0863 e. The highest BCUT2D eigenvalue weighted by atomic mass is 16.6. The summed E-state index contributed by atoms with van der Waals surface area (Å²) in [6.07, 6.45) is 3.38. The highest BCUT2D eigenvalue weighted by Gasteiger charge is 2.43. The molecule has 70 valence electrons. The Morgan fingerprint density at radius 2 is 1.92 bits per heavy atom. The molecule has 0 amide bonds. The molecule has 0 spiro atoms. The molecule has 3 unspecified atom stereocenters. The number of hydrogen-bond acceptors (Lipinski definition) is 2. The fourth-order valence-corrected chi connectivity index (χ4v) is 2.04.